The summed E-state index contributed by atoms with van der Waals surface area (Å²) in [5, 5.41) is 4.43. The molecule has 0 aliphatic heterocycles. The predicted molar refractivity (Wildman–Crippen MR) is 122 cm³/mol. The van der Waals surface area contributed by atoms with Crippen molar-refractivity contribution in [3.63, 3.8) is 0 Å². The molecule has 0 unspecified atom stereocenters. The van der Waals surface area contributed by atoms with Gasteiger partial charge in [0.2, 0.25) is 0 Å². The minimum Gasteiger partial charge on any atom is -0.480 e. The molecule has 0 amide bonds. The number of hydrogen-bond acceptors (Lipinski definition) is 4. The second-order valence-electron chi connectivity index (χ2n) is 7.34. The number of aromatic nitrogens is 3. The van der Waals surface area contributed by atoms with Gasteiger partial charge in [0.1, 0.15) is 5.69 Å². The van der Waals surface area contributed by atoms with E-state index in [1.165, 1.54) is 10.9 Å². The molecule has 4 N–H and O–H groups in total. The van der Waals surface area contributed by atoms with Gasteiger partial charge in [-0.1, -0.05) is 12.6 Å². The average Bonchev–Trinajstić information content (AvgIpc) is 3.31. The third-order valence-electron chi connectivity index (χ3n) is 4.83. The topological polar surface area (TPSA) is 93.2 Å². The molecule has 0 atom stereocenters. The van der Waals surface area contributed by atoms with Gasteiger partial charge >= 0.3 is 0 Å². The zero-order valence-corrected chi connectivity index (χ0v) is 17.7. The van der Waals surface area contributed by atoms with Crippen molar-refractivity contribution in [1.29, 1.82) is 0 Å². The van der Waals surface area contributed by atoms with Gasteiger partial charge in [0.05, 0.1) is 12.9 Å². The summed E-state index contributed by atoms with van der Waals surface area (Å²) in [5.74, 6) is 0.995. The minimum absolute atomic E-state index is 0.403. The van der Waals surface area contributed by atoms with Crippen LogP contribution in [0.1, 0.15) is 36.7 Å². The number of rotatable bonds is 11. The maximum atomic E-state index is 5.99. The Morgan fingerprint density at radius 1 is 1.30 bits per heavy atom. The van der Waals surface area contributed by atoms with Crippen molar-refractivity contribution < 1.29 is 4.74 Å². The quantitative estimate of drug-likeness (QED) is 0.194. The van der Waals surface area contributed by atoms with Gasteiger partial charge in [-0.15, -0.1) is 0 Å². The van der Waals surface area contributed by atoms with E-state index in [2.05, 4.69) is 62.3 Å². The van der Waals surface area contributed by atoms with Gasteiger partial charge in [-0.25, -0.2) is 9.98 Å². The van der Waals surface area contributed by atoms with Gasteiger partial charge < -0.3 is 25.3 Å². The predicted octanol–water partition coefficient (Wildman–Crippen LogP) is 3.97. The molecule has 30 heavy (non-hydrogen) atoms. The van der Waals surface area contributed by atoms with Crippen molar-refractivity contribution in [1.82, 2.24) is 19.9 Å². The lowest BCUT2D eigenvalue weighted by Crippen LogP contribution is -2.16. The number of allylic oxidation sites excluding steroid dienone is 1. The number of aryl methyl sites for hydroxylation is 1. The lowest BCUT2D eigenvalue weighted by Gasteiger charge is -2.12. The Kier molecular flexibility index (Phi) is 6.95. The monoisotopic (exact) mass is 406 g/mol. The largest absolute Gasteiger partial charge is 0.480 e. The van der Waals surface area contributed by atoms with Crippen LogP contribution in [-0.4, -0.2) is 27.0 Å². The fraction of sp³-hybridized carbons (Fsp3) is 0.304. The van der Waals surface area contributed by atoms with Gasteiger partial charge in [0.25, 0.3) is 0 Å². The number of amidine groups is 1. The molecular formula is C23H30N6O. The Morgan fingerprint density at radius 2 is 2.13 bits per heavy atom. The summed E-state index contributed by atoms with van der Waals surface area (Å²) in [6.45, 7) is 13.7. The molecule has 0 aliphatic carbocycles. The number of ether oxygens (including phenoxy) is 1. The molecule has 7 nitrogen and oxygen atoms in total. The van der Waals surface area contributed by atoms with Crippen LogP contribution in [0.15, 0.2) is 66.5 Å². The summed E-state index contributed by atoms with van der Waals surface area (Å²) >= 11 is 0. The maximum Gasteiger partial charge on any atom is 0.179 e. The van der Waals surface area contributed by atoms with Gasteiger partial charge in [0.15, 0.2) is 11.7 Å². The SMILES string of the molecule is C=C(C)N=C(N)c1ncn(CCCCOC(=C)NCc2ccc3[nH]ccc3c2)c1C. The van der Waals surface area contributed by atoms with Crippen LogP contribution in [0, 0.1) is 6.92 Å². The van der Waals surface area contributed by atoms with E-state index in [9.17, 15) is 0 Å². The fourth-order valence-corrected chi connectivity index (χ4v) is 3.22. The van der Waals surface area contributed by atoms with Crippen LogP contribution in [0.3, 0.4) is 0 Å². The van der Waals surface area contributed by atoms with E-state index in [0.717, 1.165) is 30.6 Å². The first-order valence-electron chi connectivity index (χ1n) is 10.1. The van der Waals surface area contributed by atoms with Gasteiger partial charge in [-0.05, 0) is 62.4 Å². The number of benzene rings is 1. The Hall–Kier alpha value is -3.48. The smallest absolute Gasteiger partial charge is 0.179 e. The van der Waals surface area contributed by atoms with Crippen LogP contribution < -0.4 is 11.1 Å². The zero-order chi connectivity index (χ0) is 21.5. The van der Waals surface area contributed by atoms with Crippen LogP contribution >= 0.6 is 0 Å². The number of aliphatic imine (C=N–C) groups is 1. The molecule has 0 aliphatic rings. The van der Waals surface area contributed by atoms with Crippen LogP contribution in [0.2, 0.25) is 0 Å². The Bertz CT molecular complexity index is 1060. The minimum atomic E-state index is 0.403. The summed E-state index contributed by atoms with van der Waals surface area (Å²) in [6, 6.07) is 8.39. The van der Waals surface area contributed by atoms with Crippen molar-refractivity contribution in [3.05, 3.63) is 78.5 Å². The summed E-state index contributed by atoms with van der Waals surface area (Å²) < 4.78 is 7.79. The Labute approximate surface area is 177 Å². The molecule has 3 rings (SSSR count). The lowest BCUT2D eigenvalue weighted by molar-refractivity contribution is 0.184. The summed E-state index contributed by atoms with van der Waals surface area (Å²) in [4.78, 5) is 11.8. The Morgan fingerprint density at radius 3 is 2.93 bits per heavy atom. The highest BCUT2D eigenvalue weighted by atomic mass is 16.5. The molecule has 7 heteroatoms. The molecule has 3 aromatic rings. The van der Waals surface area contributed by atoms with E-state index in [0.29, 0.717) is 36.3 Å². The normalized spacial score (nSPS) is 11.6. The molecule has 0 spiro atoms. The van der Waals surface area contributed by atoms with E-state index in [1.807, 2.05) is 20.0 Å². The molecule has 0 saturated carbocycles. The summed E-state index contributed by atoms with van der Waals surface area (Å²) in [5.41, 5.74) is 10.7. The van der Waals surface area contributed by atoms with Gasteiger partial charge in [-0.3, -0.25) is 0 Å². The highest BCUT2D eigenvalue weighted by Crippen LogP contribution is 2.14. The number of fused-ring (bicyclic) bond motifs is 1. The highest BCUT2D eigenvalue weighted by molar-refractivity contribution is 5.97. The molecule has 0 fully saturated rings. The van der Waals surface area contributed by atoms with E-state index < -0.39 is 0 Å². The lowest BCUT2D eigenvalue weighted by atomic mass is 10.1. The van der Waals surface area contributed by atoms with Crippen molar-refractivity contribution >= 4 is 16.7 Å². The third kappa shape index (κ3) is 5.53. The van der Waals surface area contributed by atoms with Crippen molar-refractivity contribution in [3.8, 4) is 0 Å². The summed E-state index contributed by atoms with van der Waals surface area (Å²) in [6.07, 6.45) is 5.62. The van der Waals surface area contributed by atoms with Gasteiger partial charge in [0, 0.05) is 36.2 Å². The maximum absolute atomic E-state index is 5.99. The van der Waals surface area contributed by atoms with E-state index in [4.69, 9.17) is 10.5 Å². The number of H-pyrrole nitrogens is 1. The van der Waals surface area contributed by atoms with Crippen molar-refractivity contribution in [2.45, 2.75) is 39.8 Å². The van der Waals surface area contributed by atoms with Gasteiger partial charge in [-0.2, -0.15) is 0 Å². The first-order chi connectivity index (χ1) is 14.4. The van der Waals surface area contributed by atoms with Crippen LogP contribution in [-0.2, 0) is 17.8 Å². The van der Waals surface area contributed by atoms with E-state index in [1.54, 1.807) is 6.33 Å². The molecule has 2 aromatic heterocycles. The number of unbranched alkanes of at least 4 members (excludes halogenated alkanes) is 1. The number of nitrogens with two attached hydrogens (primary N) is 1. The average molecular weight is 407 g/mol. The fourth-order valence-electron chi connectivity index (χ4n) is 3.22. The standard InChI is InChI=1S/C23H30N6O/c1-16(2)28-23(24)22-17(3)29(15-27-22)11-5-6-12-30-18(4)26-14-19-7-8-21-20(13-19)9-10-25-21/h7-10,13,15,25-26H,1,4-6,11-12,14H2,2-3H3,(H2,24,28). The molecule has 0 radical (unpaired) electrons. The number of nitrogens with zero attached hydrogens (tertiary/aromatic N) is 3. The molecule has 158 valence electrons. The molecule has 1 aromatic carbocycles. The first kappa shape index (κ1) is 21.2. The zero-order valence-electron chi connectivity index (χ0n) is 17.7. The number of aromatic amines is 1. The molecular weight excluding hydrogens is 376 g/mol. The number of imidazole rings is 1. The summed E-state index contributed by atoms with van der Waals surface area (Å²) in [7, 11) is 0. The van der Waals surface area contributed by atoms with Crippen LogP contribution in [0.5, 0.6) is 0 Å². The van der Waals surface area contributed by atoms with Crippen LogP contribution in [0.4, 0.5) is 0 Å². The molecule has 0 saturated heterocycles. The van der Waals surface area contributed by atoms with Crippen molar-refractivity contribution in [2.24, 2.45) is 10.7 Å². The van der Waals surface area contributed by atoms with Crippen LogP contribution in [0.25, 0.3) is 10.9 Å². The second-order valence-corrected chi connectivity index (χ2v) is 7.34. The Balaban J connectivity index is 1.36. The number of hydrogen-bond donors (Lipinski definition) is 3. The van der Waals surface area contributed by atoms with E-state index in [-0.39, 0.29) is 0 Å². The highest BCUT2D eigenvalue weighted by Gasteiger charge is 2.10. The van der Waals surface area contributed by atoms with E-state index >= 15 is 0 Å². The third-order valence-corrected chi connectivity index (χ3v) is 4.83. The molecule has 0 bridgehead atoms. The number of nitrogens with one attached hydrogen (secondary N) is 2. The second kappa shape index (κ2) is 9.82. The van der Waals surface area contributed by atoms with Crippen molar-refractivity contribution in [2.75, 3.05) is 6.61 Å². The molecule has 2 heterocycles. The first-order valence-corrected chi connectivity index (χ1v) is 10.1.